The van der Waals surface area contributed by atoms with Crippen LogP contribution in [0.5, 0.6) is 0 Å². The second kappa shape index (κ2) is 7.49. The minimum Gasteiger partial charge on any atom is -0.324 e. The summed E-state index contributed by atoms with van der Waals surface area (Å²) in [6.07, 6.45) is 0. The second-order valence-corrected chi connectivity index (χ2v) is 6.22. The highest BCUT2D eigenvalue weighted by molar-refractivity contribution is 6.03. The van der Waals surface area contributed by atoms with Gasteiger partial charge in [-0.1, -0.05) is 6.07 Å². The lowest BCUT2D eigenvalue weighted by Crippen LogP contribution is -2.16. The van der Waals surface area contributed by atoms with Crippen molar-refractivity contribution in [1.29, 1.82) is 0 Å². The predicted octanol–water partition coefficient (Wildman–Crippen LogP) is 4.68. The summed E-state index contributed by atoms with van der Waals surface area (Å²) >= 11 is 0. The van der Waals surface area contributed by atoms with Gasteiger partial charge in [-0.25, -0.2) is 18.7 Å². The van der Waals surface area contributed by atoms with E-state index < -0.39 is 17.5 Å². The molecule has 27 heavy (non-hydrogen) atoms. The highest BCUT2D eigenvalue weighted by atomic mass is 19.1. The third-order valence-corrected chi connectivity index (χ3v) is 4.03. The molecule has 0 unspecified atom stereocenters. The van der Waals surface area contributed by atoms with Gasteiger partial charge in [-0.2, -0.15) is 0 Å². The van der Waals surface area contributed by atoms with E-state index in [4.69, 9.17) is 0 Å². The fourth-order valence-corrected chi connectivity index (χ4v) is 2.47. The molecule has 3 aromatic rings. The van der Waals surface area contributed by atoms with E-state index in [-0.39, 0.29) is 17.3 Å². The number of nitrogens with zero attached hydrogens (tertiary/aromatic N) is 2. The van der Waals surface area contributed by atoms with Crippen LogP contribution in [0.15, 0.2) is 42.5 Å². The normalized spacial score (nSPS) is 10.6. The Labute approximate surface area is 155 Å². The van der Waals surface area contributed by atoms with Gasteiger partial charge in [-0.15, -0.1) is 0 Å². The molecule has 138 valence electrons. The van der Waals surface area contributed by atoms with Crippen molar-refractivity contribution in [3.05, 3.63) is 76.6 Å². The molecule has 0 saturated carbocycles. The average Bonchev–Trinajstić information content (AvgIpc) is 2.60. The van der Waals surface area contributed by atoms with E-state index in [9.17, 15) is 13.6 Å². The summed E-state index contributed by atoms with van der Waals surface area (Å²) in [5.41, 5.74) is 3.57. The molecule has 3 rings (SSSR count). The van der Waals surface area contributed by atoms with Crippen molar-refractivity contribution in [2.24, 2.45) is 0 Å². The van der Waals surface area contributed by atoms with Crippen LogP contribution < -0.4 is 10.6 Å². The largest absolute Gasteiger partial charge is 0.324 e. The number of carbonyl (C=O) groups excluding carboxylic acids is 1. The van der Waals surface area contributed by atoms with Gasteiger partial charge in [0.05, 0.1) is 5.69 Å². The summed E-state index contributed by atoms with van der Waals surface area (Å²) in [7, 11) is 0. The Bertz CT molecular complexity index is 1020. The Morgan fingerprint density at radius 3 is 2.41 bits per heavy atom. The lowest BCUT2D eigenvalue weighted by Gasteiger charge is -2.10. The van der Waals surface area contributed by atoms with Crippen LogP contribution in [0.3, 0.4) is 0 Å². The molecule has 0 saturated heterocycles. The Hall–Kier alpha value is -3.35. The van der Waals surface area contributed by atoms with Crippen molar-refractivity contribution in [2.45, 2.75) is 20.8 Å². The third kappa shape index (κ3) is 4.44. The molecule has 1 heterocycles. The monoisotopic (exact) mass is 368 g/mol. The number of benzene rings is 2. The van der Waals surface area contributed by atoms with Crippen molar-refractivity contribution < 1.29 is 13.6 Å². The highest BCUT2D eigenvalue weighted by Gasteiger charge is 2.14. The van der Waals surface area contributed by atoms with Crippen LogP contribution in [0.25, 0.3) is 0 Å². The molecule has 0 aliphatic rings. The van der Waals surface area contributed by atoms with E-state index in [0.29, 0.717) is 11.8 Å². The van der Waals surface area contributed by atoms with Gasteiger partial charge in [0, 0.05) is 17.4 Å². The molecule has 1 amide bonds. The summed E-state index contributed by atoms with van der Waals surface area (Å²) in [5.74, 6) is -1.94. The average molecular weight is 368 g/mol. The van der Waals surface area contributed by atoms with Crippen molar-refractivity contribution in [2.75, 3.05) is 10.6 Å². The first-order chi connectivity index (χ1) is 12.8. The molecular weight excluding hydrogens is 350 g/mol. The highest BCUT2D eigenvalue weighted by Crippen LogP contribution is 2.19. The van der Waals surface area contributed by atoms with Crippen LogP contribution in [-0.2, 0) is 0 Å². The smallest absolute Gasteiger partial charge is 0.274 e. The number of hydrogen-bond acceptors (Lipinski definition) is 4. The second-order valence-electron chi connectivity index (χ2n) is 6.22. The third-order valence-electron chi connectivity index (χ3n) is 4.03. The number of anilines is 3. The maximum atomic E-state index is 13.7. The molecule has 1 aromatic heterocycles. The first-order valence-electron chi connectivity index (χ1n) is 8.28. The number of aryl methyl sites for hydroxylation is 3. The van der Waals surface area contributed by atoms with Crippen molar-refractivity contribution >= 4 is 23.2 Å². The number of aromatic nitrogens is 2. The molecule has 7 heteroatoms. The van der Waals surface area contributed by atoms with E-state index in [1.165, 1.54) is 6.07 Å². The number of rotatable bonds is 4. The van der Waals surface area contributed by atoms with Gasteiger partial charge in [0.1, 0.15) is 17.3 Å². The van der Waals surface area contributed by atoms with E-state index in [1.807, 2.05) is 32.0 Å². The summed E-state index contributed by atoms with van der Waals surface area (Å²) in [5, 5.41) is 5.45. The van der Waals surface area contributed by atoms with Gasteiger partial charge in [-0.3, -0.25) is 4.79 Å². The van der Waals surface area contributed by atoms with E-state index in [1.54, 1.807) is 6.92 Å². The lowest BCUT2D eigenvalue weighted by atomic mass is 10.1. The predicted molar refractivity (Wildman–Crippen MR) is 100 cm³/mol. The zero-order chi connectivity index (χ0) is 19.6. The van der Waals surface area contributed by atoms with Gasteiger partial charge in [0.25, 0.3) is 5.91 Å². The van der Waals surface area contributed by atoms with Crippen LogP contribution >= 0.6 is 0 Å². The van der Waals surface area contributed by atoms with Gasteiger partial charge < -0.3 is 10.6 Å². The minimum atomic E-state index is -0.859. The summed E-state index contributed by atoms with van der Waals surface area (Å²) < 4.78 is 26.7. The standard InChI is InChI=1S/C20H18F2N4O/c1-11-4-6-15(8-12(11)2)24-20-23-13(3)9-18(26-20)19(27)25-17-7-5-14(21)10-16(17)22/h4-10H,1-3H3,(H,25,27)(H,23,24,26). The first-order valence-corrected chi connectivity index (χ1v) is 8.28. The number of amides is 1. The fourth-order valence-electron chi connectivity index (χ4n) is 2.47. The number of hydrogen-bond donors (Lipinski definition) is 2. The van der Waals surface area contributed by atoms with Gasteiger partial charge in [0.15, 0.2) is 0 Å². The maximum absolute atomic E-state index is 13.7. The van der Waals surface area contributed by atoms with Crippen molar-refractivity contribution in [3.63, 3.8) is 0 Å². The molecule has 0 fully saturated rings. The Kier molecular flexibility index (Phi) is 5.12. The lowest BCUT2D eigenvalue weighted by molar-refractivity contribution is 0.102. The van der Waals surface area contributed by atoms with Crippen LogP contribution in [0.2, 0.25) is 0 Å². The van der Waals surface area contributed by atoms with Gasteiger partial charge in [-0.05, 0) is 62.2 Å². The Morgan fingerprint density at radius 2 is 1.70 bits per heavy atom. The molecule has 0 aliphatic heterocycles. The number of nitrogens with one attached hydrogen (secondary N) is 2. The topological polar surface area (TPSA) is 66.9 Å². The summed E-state index contributed by atoms with van der Waals surface area (Å²) in [6.45, 7) is 5.73. The van der Waals surface area contributed by atoms with Crippen molar-refractivity contribution in [1.82, 2.24) is 9.97 Å². The summed E-state index contributed by atoms with van der Waals surface area (Å²) in [4.78, 5) is 20.9. The molecular formula is C20H18F2N4O. The quantitative estimate of drug-likeness (QED) is 0.702. The SMILES string of the molecule is Cc1cc(C(=O)Nc2ccc(F)cc2F)nc(Nc2ccc(C)c(C)c2)n1. The molecule has 2 aromatic carbocycles. The van der Waals surface area contributed by atoms with Crippen LogP contribution in [0.4, 0.5) is 26.1 Å². The number of halogens is 2. The molecule has 2 N–H and O–H groups in total. The molecule has 0 radical (unpaired) electrons. The summed E-state index contributed by atoms with van der Waals surface area (Å²) in [6, 6.07) is 10.2. The van der Waals surface area contributed by atoms with Crippen LogP contribution in [0.1, 0.15) is 27.3 Å². The maximum Gasteiger partial charge on any atom is 0.274 e. The first kappa shape index (κ1) is 18.4. The molecule has 0 aliphatic carbocycles. The van der Waals surface area contributed by atoms with E-state index >= 15 is 0 Å². The zero-order valence-corrected chi connectivity index (χ0v) is 15.1. The molecule has 0 bridgehead atoms. The van der Waals surface area contributed by atoms with Crippen molar-refractivity contribution in [3.8, 4) is 0 Å². The molecule has 0 atom stereocenters. The van der Waals surface area contributed by atoms with Gasteiger partial charge in [0.2, 0.25) is 5.95 Å². The van der Waals surface area contributed by atoms with E-state index in [2.05, 4.69) is 20.6 Å². The molecule has 0 spiro atoms. The van der Waals surface area contributed by atoms with E-state index in [0.717, 1.165) is 28.9 Å². The fraction of sp³-hybridized carbons (Fsp3) is 0.150. The number of carbonyl (C=O) groups is 1. The molecule has 5 nitrogen and oxygen atoms in total. The Morgan fingerprint density at radius 1 is 0.926 bits per heavy atom. The van der Waals surface area contributed by atoms with Crippen LogP contribution in [0, 0.1) is 32.4 Å². The van der Waals surface area contributed by atoms with Crippen LogP contribution in [-0.4, -0.2) is 15.9 Å². The Balaban J connectivity index is 1.83. The van der Waals surface area contributed by atoms with Gasteiger partial charge >= 0.3 is 0 Å². The minimum absolute atomic E-state index is 0.0672. The zero-order valence-electron chi connectivity index (χ0n) is 15.1.